The molecular formula is C14H14ClN3O2. The number of rotatable bonds is 3. The Morgan fingerprint density at radius 2 is 2.00 bits per heavy atom. The van der Waals surface area contributed by atoms with Crippen LogP contribution >= 0.6 is 11.6 Å². The average molecular weight is 292 g/mol. The molecule has 1 heterocycles. The Kier molecular flexibility index (Phi) is 4.10. The highest BCUT2D eigenvalue weighted by Gasteiger charge is 2.15. The molecule has 0 aliphatic rings. The summed E-state index contributed by atoms with van der Waals surface area (Å²) in [4.78, 5) is 17.7. The van der Waals surface area contributed by atoms with E-state index in [1.165, 1.54) is 17.2 Å². The monoisotopic (exact) mass is 291 g/mol. The fraction of sp³-hybridized carbons (Fsp3) is 0.143. The van der Waals surface area contributed by atoms with Crippen LogP contribution < -0.4 is 15.4 Å². The lowest BCUT2D eigenvalue weighted by Gasteiger charge is -2.17. The van der Waals surface area contributed by atoms with Gasteiger partial charge < -0.3 is 15.4 Å². The van der Waals surface area contributed by atoms with E-state index in [0.717, 1.165) is 11.4 Å². The average Bonchev–Trinajstić information content (AvgIpc) is 2.48. The molecule has 0 radical (unpaired) electrons. The number of methoxy groups -OCH3 is 1. The van der Waals surface area contributed by atoms with Gasteiger partial charge in [-0.05, 0) is 30.3 Å². The smallest absolute Gasteiger partial charge is 0.259 e. The molecule has 104 valence electrons. The molecule has 5 nitrogen and oxygen atoms in total. The Balaban J connectivity index is 2.24. The molecule has 6 heteroatoms. The van der Waals surface area contributed by atoms with E-state index >= 15 is 0 Å². The van der Waals surface area contributed by atoms with Gasteiger partial charge in [0, 0.05) is 18.9 Å². The minimum Gasteiger partial charge on any atom is -0.497 e. The summed E-state index contributed by atoms with van der Waals surface area (Å²) in [6.45, 7) is 0. The molecule has 1 aromatic heterocycles. The van der Waals surface area contributed by atoms with Crippen LogP contribution in [0.25, 0.3) is 0 Å². The van der Waals surface area contributed by atoms with Crippen LogP contribution in [0.15, 0.2) is 36.5 Å². The van der Waals surface area contributed by atoms with Crippen LogP contribution in [-0.4, -0.2) is 25.0 Å². The van der Waals surface area contributed by atoms with E-state index in [1.807, 2.05) is 0 Å². The van der Waals surface area contributed by atoms with Gasteiger partial charge in [0.1, 0.15) is 11.6 Å². The maximum absolute atomic E-state index is 12.3. The third kappa shape index (κ3) is 2.83. The van der Waals surface area contributed by atoms with E-state index in [0.29, 0.717) is 5.56 Å². The number of pyridine rings is 1. The van der Waals surface area contributed by atoms with E-state index in [-0.39, 0.29) is 16.7 Å². The number of hydrogen-bond acceptors (Lipinski definition) is 4. The summed E-state index contributed by atoms with van der Waals surface area (Å²) < 4.78 is 5.08. The third-order valence-corrected chi connectivity index (χ3v) is 3.18. The Bertz CT molecular complexity index is 629. The van der Waals surface area contributed by atoms with Gasteiger partial charge in [0.05, 0.1) is 17.7 Å². The van der Waals surface area contributed by atoms with Crippen molar-refractivity contribution in [3.63, 3.8) is 0 Å². The number of amides is 1. The van der Waals surface area contributed by atoms with Crippen LogP contribution in [0.5, 0.6) is 5.75 Å². The Morgan fingerprint density at radius 1 is 1.35 bits per heavy atom. The standard InChI is InChI=1S/C14H14ClN3O2/c1-18(10-3-5-11(20-2)6-4-10)14(19)9-7-12(15)13(16)17-8-9/h3-8H,1-2H3,(H2,16,17). The van der Waals surface area contributed by atoms with Gasteiger partial charge in [-0.25, -0.2) is 4.98 Å². The van der Waals surface area contributed by atoms with Gasteiger partial charge in [-0.3, -0.25) is 4.79 Å². The van der Waals surface area contributed by atoms with Crippen LogP contribution in [0.2, 0.25) is 5.02 Å². The highest BCUT2D eigenvalue weighted by Crippen LogP contribution is 2.22. The SMILES string of the molecule is COc1ccc(N(C)C(=O)c2cnc(N)c(Cl)c2)cc1. The van der Waals surface area contributed by atoms with E-state index in [1.54, 1.807) is 38.4 Å². The highest BCUT2D eigenvalue weighted by atomic mass is 35.5. The van der Waals surface area contributed by atoms with Crippen LogP contribution in [-0.2, 0) is 0 Å². The number of aromatic nitrogens is 1. The van der Waals surface area contributed by atoms with Crippen molar-refractivity contribution in [2.45, 2.75) is 0 Å². The number of nitrogens with two attached hydrogens (primary N) is 1. The van der Waals surface area contributed by atoms with Crippen LogP contribution in [0, 0.1) is 0 Å². The van der Waals surface area contributed by atoms with Crippen molar-refractivity contribution in [1.82, 2.24) is 4.98 Å². The first kappa shape index (κ1) is 14.1. The Morgan fingerprint density at radius 3 is 2.55 bits per heavy atom. The maximum atomic E-state index is 12.3. The number of halogens is 1. The summed E-state index contributed by atoms with van der Waals surface area (Å²) in [5.41, 5.74) is 6.64. The quantitative estimate of drug-likeness (QED) is 0.944. The molecule has 0 aliphatic heterocycles. The molecule has 0 unspecified atom stereocenters. The lowest BCUT2D eigenvalue weighted by molar-refractivity contribution is 0.0992. The minimum absolute atomic E-state index is 0.204. The zero-order valence-electron chi connectivity index (χ0n) is 11.1. The van der Waals surface area contributed by atoms with Gasteiger partial charge in [-0.2, -0.15) is 0 Å². The zero-order valence-corrected chi connectivity index (χ0v) is 11.9. The Labute approximate surface area is 121 Å². The molecule has 1 aromatic carbocycles. The number of carbonyl (C=O) groups is 1. The topological polar surface area (TPSA) is 68.5 Å². The molecule has 0 aliphatic carbocycles. The van der Waals surface area contributed by atoms with Gasteiger partial charge in [-0.15, -0.1) is 0 Å². The first-order chi connectivity index (χ1) is 9.52. The van der Waals surface area contributed by atoms with Crippen molar-refractivity contribution in [1.29, 1.82) is 0 Å². The van der Waals surface area contributed by atoms with Crippen molar-refractivity contribution in [3.05, 3.63) is 47.1 Å². The van der Waals surface area contributed by atoms with Gasteiger partial charge in [0.25, 0.3) is 5.91 Å². The molecule has 0 saturated heterocycles. The minimum atomic E-state index is -0.218. The predicted molar refractivity (Wildman–Crippen MR) is 79.4 cm³/mol. The molecule has 0 spiro atoms. The maximum Gasteiger partial charge on any atom is 0.259 e. The molecule has 2 aromatic rings. The second kappa shape index (κ2) is 5.79. The van der Waals surface area contributed by atoms with Crippen LogP contribution in [0.3, 0.4) is 0 Å². The summed E-state index contributed by atoms with van der Waals surface area (Å²) in [5, 5.41) is 0.263. The lowest BCUT2D eigenvalue weighted by Crippen LogP contribution is -2.26. The summed E-state index contributed by atoms with van der Waals surface area (Å²) in [5.74, 6) is 0.715. The van der Waals surface area contributed by atoms with Crippen molar-refractivity contribution in [2.24, 2.45) is 0 Å². The molecule has 1 amide bonds. The molecule has 0 saturated carbocycles. The molecular weight excluding hydrogens is 278 g/mol. The number of carbonyl (C=O) groups excluding carboxylic acids is 1. The van der Waals surface area contributed by atoms with Gasteiger partial charge in [0.2, 0.25) is 0 Å². The van der Waals surface area contributed by atoms with Crippen LogP contribution in [0.4, 0.5) is 11.5 Å². The molecule has 0 fully saturated rings. The van der Waals surface area contributed by atoms with Crippen molar-refractivity contribution >= 4 is 29.0 Å². The molecule has 20 heavy (non-hydrogen) atoms. The number of ether oxygens (including phenoxy) is 1. The summed E-state index contributed by atoms with van der Waals surface area (Å²) in [6, 6.07) is 8.67. The lowest BCUT2D eigenvalue weighted by atomic mass is 10.2. The fourth-order valence-corrected chi connectivity index (χ4v) is 1.85. The van der Waals surface area contributed by atoms with Gasteiger partial charge >= 0.3 is 0 Å². The molecule has 2 rings (SSSR count). The largest absolute Gasteiger partial charge is 0.497 e. The van der Waals surface area contributed by atoms with Crippen molar-refractivity contribution in [3.8, 4) is 5.75 Å². The Hall–Kier alpha value is -2.27. The van der Waals surface area contributed by atoms with Crippen LogP contribution in [0.1, 0.15) is 10.4 Å². The third-order valence-electron chi connectivity index (χ3n) is 2.88. The highest BCUT2D eigenvalue weighted by molar-refractivity contribution is 6.33. The first-order valence-corrected chi connectivity index (χ1v) is 6.24. The van der Waals surface area contributed by atoms with Crippen molar-refractivity contribution in [2.75, 3.05) is 24.8 Å². The fourth-order valence-electron chi connectivity index (χ4n) is 1.68. The first-order valence-electron chi connectivity index (χ1n) is 5.86. The number of benzene rings is 1. The normalized spacial score (nSPS) is 10.2. The number of hydrogen-bond donors (Lipinski definition) is 1. The van der Waals surface area contributed by atoms with E-state index in [2.05, 4.69) is 4.98 Å². The summed E-state index contributed by atoms with van der Waals surface area (Å²) in [6.07, 6.45) is 1.41. The van der Waals surface area contributed by atoms with Gasteiger partial charge in [0.15, 0.2) is 0 Å². The second-order valence-corrected chi connectivity index (χ2v) is 4.56. The van der Waals surface area contributed by atoms with E-state index in [9.17, 15) is 4.79 Å². The van der Waals surface area contributed by atoms with Crippen molar-refractivity contribution < 1.29 is 9.53 Å². The second-order valence-electron chi connectivity index (χ2n) is 4.15. The summed E-state index contributed by atoms with van der Waals surface area (Å²) >= 11 is 5.87. The molecule has 2 N–H and O–H groups in total. The predicted octanol–water partition coefficient (Wildman–Crippen LogP) is 2.60. The summed E-state index contributed by atoms with van der Waals surface area (Å²) in [7, 11) is 3.26. The van der Waals surface area contributed by atoms with Gasteiger partial charge in [-0.1, -0.05) is 11.6 Å². The number of nitrogen functional groups attached to an aromatic ring is 1. The number of nitrogens with zero attached hydrogens (tertiary/aromatic N) is 2. The van der Waals surface area contributed by atoms with E-state index in [4.69, 9.17) is 22.1 Å². The number of anilines is 2. The zero-order chi connectivity index (χ0) is 14.7. The molecule has 0 atom stereocenters. The molecule has 0 bridgehead atoms. The van der Waals surface area contributed by atoms with E-state index < -0.39 is 0 Å².